The highest BCUT2D eigenvalue weighted by Crippen LogP contribution is 2.23. The van der Waals surface area contributed by atoms with Crippen LogP contribution in [0.2, 0.25) is 0 Å². The number of amides is 3. The summed E-state index contributed by atoms with van der Waals surface area (Å²) in [6.45, 7) is 8.10. The van der Waals surface area contributed by atoms with Crippen LogP contribution in [0.3, 0.4) is 0 Å². The van der Waals surface area contributed by atoms with Gasteiger partial charge < -0.3 is 5.32 Å². The number of thioether (sulfide) groups is 1. The monoisotopic (exact) mass is 348 g/mol. The van der Waals surface area contributed by atoms with Gasteiger partial charge in [-0.25, -0.2) is 0 Å². The first kappa shape index (κ1) is 18.5. The van der Waals surface area contributed by atoms with Gasteiger partial charge in [0.25, 0.3) is 11.8 Å². The van der Waals surface area contributed by atoms with Crippen molar-refractivity contribution in [2.75, 3.05) is 12.3 Å². The van der Waals surface area contributed by atoms with Crippen LogP contribution in [-0.2, 0) is 4.79 Å². The van der Waals surface area contributed by atoms with Crippen molar-refractivity contribution in [1.29, 1.82) is 0 Å². The zero-order valence-electron chi connectivity index (χ0n) is 14.6. The molecule has 1 aliphatic heterocycles. The lowest BCUT2D eigenvalue weighted by Gasteiger charge is -2.23. The predicted octanol–water partition coefficient (Wildman–Crippen LogP) is 2.71. The Balaban J connectivity index is 1.79. The molecule has 0 aliphatic carbocycles. The lowest BCUT2D eigenvalue weighted by atomic mass is 10.1. The Morgan fingerprint density at radius 3 is 2.21 bits per heavy atom. The number of nitrogens with one attached hydrogen (secondary N) is 1. The maximum absolute atomic E-state index is 12.2. The number of carbonyl (C=O) groups excluding carboxylic acids is 3. The Morgan fingerprint density at radius 1 is 1.17 bits per heavy atom. The molecule has 0 unspecified atom stereocenters. The minimum absolute atomic E-state index is 0.00762. The van der Waals surface area contributed by atoms with Crippen LogP contribution >= 0.6 is 11.8 Å². The summed E-state index contributed by atoms with van der Waals surface area (Å²) in [5, 5.41) is 2.79. The lowest BCUT2D eigenvalue weighted by Crippen LogP contribution is -2.44. The van der Waals surface area contributed by atoms with E-state index in [4.69, 9.17) is 0 Å². The van der Waals surface area contributed by atoms with Crippen LogP contribution in [-0.4, -0.2) is 45.7 Å². The number of imide groups is 1. The molecule has 24 heavy (non-hydrogen) atoms. The molecule has 0 fully saturated rings. The van der Waals surface area contributed by atoms with Gasteiger partial charge >= 0.3 is 0 Å². The van der Waals surface area contributed by atoms with Gasteiger partial charge in [0.05, 0.1) is 16.4 Å². The van der Waals surface area contributed by atoms with Crippen molar-refractivity contribution in [1.82, 2.24) is 10.2 Å². The van der Waals surface area contributed by atoms with Gasteiger partial charge in [-0.1, -0.05) is 12.1 Å². The van der Waals surface area contributed by atoms with E-state index < -0.39 is 0 Å². The molecule has 1 heterocycles. The number of carbonyl (C=O) groups is 3. The lowest BCUT2D eigenvalue weighted by molar-refractivity contribution is -0.121. The van der Waals surface area contributed by atoms with Crippen molar-refractivity contribution >= 4 is 29.5 Å². The van der Waals surface area contributed by atoms with Gasteiger partial charge in [-0.2, -0.15) is 0 Å². The standard InChI is InChI=1S/C18H24N2O3S/c1-12(15(21)19-18(2,3)4)24-11-7-10-20-16(22)13-8-5-6-9-14(13)17(20)23/h5-6,8-9,12H,7,10-11H2,1-4H3,(H,19,21)/t12-/m1/s1. The fourth-order valence-electron chi connectivity index (χ4n) is 2.47. The summed E-state index contributed by atoms with van der Waals surface area (Å²) in [5.74, 6) is 0.276. The molecule has 0 bridgehead atoms. The summed E-state index contributed by atoms with van der Waals surface area (Å²) in [7, 11) is 0. The van der Waals surface area contributed by atoms with E-state index in [0.717, 1.165) is 0 Å². The molecule has 5 nitrogen and oxygen atoms in total. The molecule has 3 amide bonds. The quantitative estimate of drug-likeness (QED) is 0.634. The summed E-state index contributed by atoms with van der Waals surface area (Å²) in [6.07, 6.45) is 0.670. The molecule has 1 atom stereocenters. The van der Waals surface area contributed by atoms with Gasteiger partial charge in [-0.05, 0) is 52.0 Å². The van der Waals surface area contributed by atoms with Gasteiger partial charge in [-0.3, -0.25) is 19.3 Å². The third-order valence-electron chi connectivity index (χ3n) is 3.64. The van der Waals surface area contributed by atoms with Crippen LogP contribution in [0.5, 0.6) is 0 Å². The van der Waals surface area contributed by atoms with E-state index in [0.29, 0.717) is 29.8 Å². The fraction of sp³-hybridized carbons (Fsp3) is 0.500. The van der Waals surface area contributed by atoms with Crippen LogP contribution in [0, 0.1) is 0 Å². The number of rotatable bonds is 6. The first-order valence-electron chi connectivity index (χ1n) is 8.09. The van der Waals surface area contributed by atoms with Crippen molar-refractivity contribution in [2.45, 2.75) is 44.9 Å². The van der Waals surface area contributed by atoms with Crippen molar-refractivity contribution in [3.8, 4) is 0 Å². The maximum atomic E-state index is 12.2. The van der Waals surface area contributed by atoms with E-state index in [1.165, 1.54) is 16.7 Å². The first-order valence-corrected chi connectivity index (χ1v) is 9.14. The molecule has 6 heteroatoms. The third-order valence-corrected chi connectivity index (χ3v) is 4.88. The summed E-state index contributed by atoms with van der Waals surface area (Å²) >= 11 is 1.53. The number of fused-ring (bicyclic) bond motifs is 1. The SMILES string of the molecule is C[C@@H](SCCCN1C(=O)c2ccccc2C1=O)C(=O)NC(C)(C)C. The summed E-state index contributed by atoms with van der Waals surface area (Å²) < 4.78 is 0. The van der Waals surface area contributed by atoms with E-state index in [9.17, 15) is 14.4 Å². The largest absolute Gasteiger partial charge is 0.351 e. The highest BCUT2D eigenvalue weighted by molar-refractivity contribution is 8.00. The fourth-order valence-corrected chi connectivity index (χ4v) is 3.33. The third kappa shape index (κ3) is 4.38. The zero-order valence-corrected chi connectivity index (χ0v) is 15.4. The molecule has 1 aliphatic rings. The van der Waals surface area contributed by atoms with Crippen molar-refractivity contribution < 1.29 is 14.4 Å². The Morgan fingerprint density at radius 2 is 1.71 bits per heavy atom. The number of nitrogens with zero attached hydrogens (tertiary/aromatic N) is 1. The Bertz CT molecular complexity index is 617. The van der Waals surface area contributed by atoms with Crippen molar-refractivity contribution in [3.63, 3.8) is 0 Å². The normalized spacial score (nSPS) is 15.4. The number of hydrogen-bond acceptors (Lipinski definition) is 4. The van der Waals surface area contributed by atoms with E-state index in [1.807, 2.05) is 27.7 Å². The Hall–Kier alpha value is -1.82. The van der Waals surface area contributed by atoms with Gasteiger partial charge in [-0.15, -0.1) is 11.8 Å². The van der Waals surface area contributed by atoms with Crippen LogP contribution < -0.4 is 5.32 Å². The van der Waals surface area contributed by atoms with Crippen LogP contribution in [0.15, 0.2) is 24.3 Å². The average Bonchev–Trinajstić information content (AvgIpc) is 2.74. The predicted molar refractivity (Wildman–Crippen MR) is 96.2 cm³/mol. The second kappa shape index (κ2) is 7.38. The average molecular weight is 348 g/mol. The van der Waals surface area contributed by atoms with E-state index in [-0.39, 0.29) is 28.5 Å². The summed E-state index contributed by atoms with van der Waals surface area (Å²) in [4.78, 5) is 37.8. The Labute approximate surface area is 147 Å². The highest BCUT2D eigenvalue weighted by atomic mass is 32.2. The minimum atomic E-state index is -0.244. The molecule has 1 aromatic carbocycles. The molecule has 0 spiro atoms. The van der Waals surface area contributed by atoms with Gasteiger partial charge in [0.2, 0.25) is 5.91 Å². The second-order valence-corrected chi connectivity index (χ2v) is 8.36. The molecule has 0 aromatic heterocycles. The topological polar surface area (TPSA) is 66.5 Å². The number of hydrogen-bond donors (Lipinski definition) is 1. The van der Waals surface area contributed by atoms with E-state index in [2.05, 4.69) is 5.32 Å². The van der Waals surface area contributed by atoms with Crippen LogP contribution in [0.25, 0.3) is 0 Å². The summed E-state index contributed by atoms with van der Waals surface area (Å²) in [6, 6.07) is 6.89. The minimum Gasteiger partial charge on any atom is -0.351 e. The van der Waals surface area contributed by atoms with Gasteiger partial charge in [0.15, 0.2) is 0 Å². The maximum Gasteiger partial charge on any atom is 0.261 e. The molecular formula is C18H24N2O3S. The van der Waals surface area contributed by atoms with Crippen LogP contribution in [0.1, 0.15) is 54.8 Å². The van der Waals surface area contributed by atoms with E-state index in [1.54, 1.807) is 24.3 Å². The highest BCUT2D eigenvalue weighted by Gasteiger charge is 2.34. The van der Waals surface area contributed by atoms with Gasteiger partial charge in [0.1, 0.15) is 0 Å². The molecule has 0 saturated carbocycles. The zero-order chi connectivity index (χ0) is 17.9. The summed E-state index contributed by atoms with van der Waals surface area (Å²) in [5.41, 5.74) is 0.715. The van der Waals surface area contributed by atoms with Crippen molar-refractivity contribution in [2.24, 2.45) is 0 Å². The second-order valence-electron chi connectivity index (χ2n) is 6.91. The molecule has 1 aromatic rings. The molecule has 0 saturated heterocycles. The van der Waals surface area contributed by atoms with Crippen LogP contribution in [0.4, 0.5) is 0 Å². The Kier molecular flexibility index (Phi) is 5.70. The first-order chi connectivity index (χ1) is 11.2. The number of benzene rings is 1. The molecular weight excluding hydrogens is 324 g/mol. The molecule has 0 radical (unpaired) electrons. The molecule has 2 rings (SSSR count). The molecule has 130 valence electrons. The molecule has 1 N–H and O–H groups in total. The smallest absolute Gasteiger partial charge is 0.261 e. The van der Waals surface area contributed by atoms with E-state index >= 15 is 0 Å². The van der Waals surface area contributed by atoms with Crippen molar-refractivity contribution in [3.05, 3.63) is 35.4 Å². The van der Waals surface area contributed by atoms with Gasteiger partial charge in [0, 0.05) is 12.1 Å².